The molecule has 0 saturated carbocycles. The first-order valence-electron chi connectivity index (χ1n) is 9.41. The number of carbonyl (C=O) groups is 1. The minimum Gasteiger partial charge on any atom is -0.462 e. The summed E-state index contributed by atoms with van der Waals surface area (Å²) < 4.78 is 7.03. The van der Waals surface area contributed by atoms with Gasteiger partial charge in [0, 0.05) is 12.0 Å². The van der Waals surface area contributed by atoms with Crippen molar-refractivity contribution in [2.45, 2.75) is 65.7 Å². The van der Waals surface area contributed by atoms with Gasteiger partial charge in [0.2, 0.25) is 5.91 Å². The first-order valence-corrected chi connectivity index (χ1v) is 9.41. The van der Waals surface area contributed by atoms with E-state index in [1.54, 1.807) is 0 Å². The summed E-state index contributed by atoms with van der Waals surface area (Å²) in [4.78, 5) is 17.1. The Morgan fingerprint density at radius 2 is 1.76 bits per heavy atom. The van der Waals surface area contributed by atoms with Gasteiger partial charge in [-0.3, -0.25) is 4.79 Å². The second-order valence-electron chi connectivity index (χ2n) is 6.23. The van der Waals surface area contributed by atoms with Crippen molar-refractivity contribution >= 4 is 5.91 Å². The Labute approximate surface area is 150 Å². The maximum atomic E-state index is 12.6. The van der Waals surface area contributed by atoms with Crippen molar-refractivity contribution in [1.82, 2.24) is 14.8 Å². The van der Waals surface area contributed by atoms with E-state index in [0.29, 0.717) is 18.9 Å². The molecule has 1 heterocycles. The quantitative estimate of drug-likeness (QED) is 0.575. The highest BCUT2D eigenvalue weighted by Crippen LogP contribution is 2.22. The van der Waals surface area contributed by atoms with Crippen LogP contribution in [0, 0.1) is 0 Å². The smallest absolute Gasteiger partial charge is 0.336 e. The van der Waals surface area contributed by atoms with Gasteiger partial charge in [0.05, 0.1) is 6.61 Å². The molecule has 0 spiro atoms. The second-order valence-corrected chi connectivity index (χ2v) is 6.23. The number of hydrogen-bond donors (Lipinski definition) is 0. The van der Waals surface area contributed by atoms with Crippen molar-refractivity contribution in [2.75, 3.05) is 6.61 Å². The Bertz CT molecular complexity index is 662. The Balaban J connectivity index is 2.25. The molecule has 0 atom stereocenters. The molecule has 2 rings (SSSR count). The Kier molecular flexibility index (Phi) is 7.64. The lowest BCUT2D eigenvalue weighted by atomic mass is 10.1. The molecule has 1 aromatic carbocycles. The average molecular weight is 343 g/mol. The minimum absolute atomic E-state index is 0.0270. The third kappa shape index (κ3) is 5.41. The van der Waals surface area contributed by atoms with Crippen LogP contribution in [0.1, 0.15) is 69.7 Å². The fourth-order valence-electron chi connectivity index (χ4n) is 2.54. The molecule has 0 saturated heterocycles. The van der Waals surface area contributed by atoms with Gasteiger partial charge in [0.1, 0.15) is 0 Å². The summed E-state index contributed by atoms with van der Waals surface area (Å²) in [5.41, 5.74) is 2.14. The molecule has 0 N–H and O–H groups in total. The van der Waals surface area contributed by atoms with E-state index >= 15 is 0 Å². The maximum absolute atomic E-state index is 12.6. The minimum atomic E-state index is -0.0270. The number of aryl methyl sites for hydroxylation is 1. The lowest BCUT2D eigenvalue weighted by molar-refractivity contribution is 0.0883. The molecule has 0 radical (unpaired) electrons. The normalized spacial score (nSPS) is 10.8. The average Bonchev–Trinajstić information content (AvgIpc) is 3.06. The van der Waals surface area contributed by atoms with Gasteiger partial charge in [-0.05, 0) is 24.8 Å². The molecule has 5 heteroatoms. The SMILES string of the molecule is CCCCCC(=O)n1nc(OCCCC)nc1-c1ccc(CC)cc1. The van der Waals surface area contributed by atoms with Gasteiger partial charge in [0.15, 0.2) is 5.82 Å². The van der Waals surface area contributed by atoms with Crippen molar-refractivity contribution in [1.29, 1.82) is 0 Å². The molecule has 5 nitrogen and oxygen atoms in total. The van der Waals surface area contributed by atoms with Gasteiger partial charge in [0.25, 0.3) is 0 Å². The predicted molar refractivity (Wildman–Crippen MR) is 100 cm³/mol. The molecule has 0 aliphatic rings. The first-order chi connectivity index (χ1) is 12.2. The van der Waals surface area contributed by atoms with Crippen molar-refractivity contribution in [3.05, 3.63) is 29.8 Å². The van der Waals surface area contributed by atoms with E-state index < -0.39 is 0 Å². The highest BCUT2D eigenvalue weighted by Gasteiger charge is 2.18. The highest BCUT2D eigenvalue weighted by atomic mass is 16.5. The van der Waals surface area contributed by atoms with E-state index in [0.717, 1.165) is 44.1 Å². The molecular formula is C20H29N3O2. The summed E-state index contributed by atoms with van der Waals surface area (Å²) in [6, 6.07) is 8.40. The van der Waals surface area contributed by atoms with Crippen LogP contribution in [0.3, 0.4) is 0 Å². The molecule has 0 fully saturated rings. The molecule has 25 heavy (non-hydrogen) atoms. The molecule has 0 aliphatic carbocycles. The number of ether oxygens (including phenoxy) is 1. The van der Waals surface area contributed by atoms with Gasteiger partial charge in [-0.1, -0.05) is 64.3 Å². The molecule has 0 unspecified atom stereocenters. The van der Waals surface area contributed by atoms with Crippen LogP contribution in [0.2, 0.25) is 0 Å². The van der Waals surface area contributed by atoms with E-state index in [-0.39, 0.29) is 11.9 Å². The van der Waals surface area contributed by atoms with Crippen LogP contribution >= 0.6 is 0 Å². The summed E-state index contributed by atoms with van der Waals surface area (Å²) in [5, 5.41) is 4.31. The van der Waals surface area contributed by atoms with Crippen molar-refractivity contribution in [2.24, 2.45) is 0 Å². The van der Waals surface area contributed by atoms with E-state index in [9.17, 15) is 4.79 Å². The first kappa shape index (κ1) is 19.2. The van der Waals surface area contributed by atoms with Crippen LogP contribution in [-0.4, -0.2) is 27.3 Å². The van der Waals surface area contributed by atoms with Gasteiger partial charge in [-0.15, -0.1) is 5.10 Å². The zero-order valence-corrected chi connectivity index (χ0v) is 15.6. The number of unbranched alkanes of at least 4 members (excludes halogenated alkanes) is 3. The van der Waals surface area contributed by atoms with Crippen LogP contribution in [-0.2, 0) is 6.42 Å². The molecule has 2 aromatic rings. The molecular weight excluding hydrogens is 314 g/mol. The Morgan fingerprint density at radius 1 is 1.04 bits per heavy atom. The van der Waals surface area contributed by atoms with Gasteiger partial charge in [-0.2, -0.15) is 9.67 Å². The number of rotatable bonds is 10. The number of aromatic nitrogens is 3. The van der Waals surface area contributed by atoms with Crippen LogP contribution < -0.4 is 4.74 Å². The van der Waals surface area contributed by atoms with Gasteiger partial charge < -0.3 is 4.74 Å². The zero-order chi connectivity index (χ0) is 18.1. The van der Waals surface area contributed by atoms with Crippen molar-refractivity contribution in [3.8, 4) is 17.4 Å². The zero-order valence-electron chi connectivity index (χ0n) is 15.6. The van der Waals surface area contributed by atoms with Crippen LogP contribution in [0.25, 0.3) is 11.4 Å². The van der Waals surface area contributed by atoms with Crippen LogP contribution in [0.15, 0.2) is 24.3 Å². The third-order valence-corrected chi connectivity index (χ3v) is 4.17. The van der Waals surface area contributed by atoms with Gasteiger partial charge in [-0.25, -0.2) is 0 Å². The monoisotopic (exact) mass is 343 g/mol. The largest absolute Gasteiger partial charge is 0.462 e. The lowest BCUT2D eigenvalue weighted by Crippen LogP contribution is -2.14. The fourth-order valence-corrected chi connectivity index (χ4v) is 2.54. The number of carbonyl (C=O) groups excluding carboxylic acids is 1. The van der Waals surface area contributed by atoms with E-state index in [2.05, 4.69) is 43.0 Å². The molecule has 0 aliphatic heterocycles. The Hall–Kier alpha value is -2.17. The highest BCUT2D eigenvalue weighted by molar-refractivity contribution is 5.82. The second kappa shape index (κ2) is 9.97. The number of nitrogens with zero attached hydrogens (tertiary/aromatic N) is 3. The lowest BCUT2D eigenvalue weighted by Gasteiger charge is -2.05. The predicted octanol–water partition coefficient (Wildman–Crippen LogP) is 4.91. The topological polar surface area (TPSA) is 57.0 Å². The summed E-state index contributed by atoms with van der Waals surface area (Å²) in [6.07, 6.45) is 6.44. The third-order valence-electron chi connectivity index (χ3n) is 4.17. The number of benzene rings is 1. The van der Waals surface area contributed by atoms with Crippen molar-refractivity contribution < 1.29 is 9.53 Å². The van der Waals surface area contributed by atoms with E-state index in [1.807, 2.05) is 12.1 Å². The van der Waals surface area contributed by atoms with Crippen LogP contribution in [0.4, 0.5) is 0 Å². The van der Waals surface area contributed by atoms with Crippen molar-refractivity contribution in [3.63, 3.8) is 0 Å². The fraction of sp³-hybridized carbons (Fsp3) is 0.550. The van der Waals surface area contributed by atoms with Crippen LogP contribution in [0.5, 0.6) is 6.01 Å². The molecule has 1 aromatic heterocycles. The standard InChI is InChI=1S/C20H29N3O2/c1-4-7-9-10-18(24)23-19(17-13-11-16(6-3)12-14-17)21-20(22-23)25-15-8-5-2/h11-14H,4-10,15H2,1-3H3. The maximum Gasteiger partial charge on any atom is 0.336 e. The summed E-state index contributed by atoms with van der Waals surface area (Å²) in [7, 11) is 0. The molecule has 136 valence electrons. The summed E-state index contributed by atoms with van der Waals surface area (Å²) in [5.74, 6) is 0.538. The molecule has 0 bridgehead atoms. The number of hydrogen-bond acceptors (Lipinski definition) is 4. The summed E-state index contributed by atoms with van der Waals surface area (Å²) in [6.45, 7) is 6.92. The van der Waals surface area contributed by atoms with Gasteiger partial charge >= 0.3 is 6.01 Å². The Morgan fingerprint density at radius 3 is 2.40 bits per heavy atom. The summed E-state index contributed by atoms with van der Waals surface area (Å²) >= 11 is 0. The molecule has 0 amide bonds. The van der Waals surface area contributed by atoms with E-state index in [1.165, 1.54) is 10.2 Å². The van der Waals surface area contributed by atoms with E-state index in [4.69, 9.17) is 4.74 Å².